The number of nitrogens with one attached hydrogen (secondary N) is 1. The van der Waals surface area contributed by atoms with Gasteiger partial charge in [0.1, 0.15) is 0 Å². The zero-order chi connectivity index (χ0) is 19.7. The van der Waals surface area contributed by atoms with Crippen LogP contribution in [0, 0.1) is 5.41 Å². The van der Waals surface area contributed by atoms with Gasteiger partial charge in [0.05, 0.1) is 11.0 Å². The SMILES string of the molecule is Cn1c(=O)n(C)c2cc(NC(=O)CC3(Cn4cccc4)CCCCC3)ccc21. The monoisotopic (exact) mass is 380 g/mol. The van der Waals surface area contributed by atoms with Gasteiger partial charge in [-0.3, -0.25) is 13.9 Å². The summed E-state index contributed by atoms with van der Waals surface area (Å²) < 4.78 is 5.43. The van der Waals surface area contributed by atoms with Crippen molar-refractivity contribution in [2.45, 2.75) is 45.1 Å². The van der Waals surface area contributed by atoms with Crippen LogP contribution in [0.15, 0.2) is 47.5 Å². The molecule has 0 radical (unpaired) electrons. The van der Waals surface area contributed by atoms with Crippen molar-refractivity contribution in [3.8, 4) is 0 Å². The van der Waals surface area contributed by atoms with Crippen molar-refractivity contribution in [3.63, 3.8) is 0 Å². The summed E-state index contributed by atoms with van der Waals surface area (Å²) in [6.07, 6.45) is 10.5. The molecule has 0 saturated heterocycles. The van der Waals surface area contributed by atoms with Gasteiger partial charge in [0.25, 0.3) is 0 Å². The van der Waals surface area contributed by atoms with E-state index in [0.717, 1.165) is 36.1 Å². The molecule has 0 aliphatic heterocycles. The molecule has 6 heteroatoms. The minimum atomic E-state index is -0.0636. The molecule has 1 N–H and O–H groups in total. The van der Waals surface area contributed by atoms with E-state index in [2.05, 4.69) is 22.3 Å². The molecule has 28 heavy (non-hydrogen) atoms. The first-order chi connectivity index (χ1) is 13.5. The normalized spacial score (nSPS) is 16.4. The number of hydrogen-bond acceptors (Lipinski definition) is 2. The molecule has 1 saturated carbocycles. The van der Waals surface area contributed by atoms with Crippen LogP contribution < -0.4 is 11.0 Å². The van der Waals surface area contributed by atoms with Crippen LogP contribution in [0.1, 0.15) is 38.5 Å². The Kier molecular flexibility index (Phi) is 4.87. The molecule has 2 aromatic heterocycles. The van der Waals surface area contributed by atoms with Gasteiger partial charge in [0, 0.05) is 45.1 Å². The molecule has 6 nitrogen and oxygen atoms in total. The molecule has 2 heterocycles. The number of benzene rings is 1. The number of amides is 1. The van der Waals surface area contributed by atoms with Gasteiger partial charge in [0.15, 0.2) is 0 Å². The number of fused-ring (bicyclic) bond motifs is 1. The fourth-order valence-corrected chi connectivity index (χ4v) is 4.69. The third-order valence-electron chi connectivity index (χ3n) is 6.19. The molecule has 0 atom stereocenters. The molecule has 1 fully saturated rings. The first-order valence-electron chi connectivity index (χ1n) is 10.0. The van der Waals surface area contributed by atoms with Crippen molar-refractivity contribution in [1.29, 1.82) is 0 Å². The molecule has 1 aliphatic rings. The molecule has 1 aliphatic carbocycles. The average Bonchev–Trinajstić information content (AvgIpc) is 3.25. The number of anilines is 1. The Morgan fingerprint density at radius 2 is 1.71 bits per heavy atom. The van der Waals surface area contributed by atoms with E-state index < -0.39 is 0 Å². The van der Waals surface area contributed by atoms with Crippen LogP contribution in [0.25, 0.3) is 11.0 Å². The lowest BCUT2D eigenvalue weighted by Gasteiger charge is -2.37. The lowest BCUT2D eigenvalue weighted by molar-refractivity contribution is -0.119. The lowest BCUT2D eigenvalue weighted by Crippen LogP contribution is -2.33. The summed E-state index contributed by atoms with van der Waals surface area (Å²) in [5.41, 5.74) is 2.38. The summed E-state index contributed by atoms with van der Waals surface area (Å²) in [6, 6.07) is 9.72. The average molecular weight is 380 g/mol. The van der Waals surface area contributed by atoms with Crippen LogP contribution in [0.2, 0.25) is 0 Å². The van der Waals surface area contributed by atoms with Crippen LogP contribution >= 0.6 is 0 Å². The molecule has 1 aromatic carbocycles. The predicted octanol–water partition coefficient (Wildman–Crippen LogP) is 3.66. The second-order valence-electron chi connectivity index (χ2n) is 8.25. The van der Waals surface area contributed by atoms with Crippen molar-refractivity contribution >= 4 is 22.6 Å². The predicted molar refractivity (Wildman–Crippen MR) is 111 cm³/mol. The van der Waals surface area contributed by atoms with Gasteiger partial charge in [-0.15, -0.1) is 0 Å². The fraction of sp³-hybridized carbons (Fsp3) is 0.455. The van der Waals surface area contributed by atoms with E-state index >= 15 is 0 Å². The molecule has 148 valence electrons. The summed E-state index contributed by atoms with van der Waals surface area (Å²) in [4.78, 5) is 25.0. The zero-order valence-electron chi connectivity index (χ0n) is 16.6. The van der Waals surface area contributed by atoms with Gasteiger partial charge >= 0.3 is 5.69 Å². The molecule has 4 rings (SSSR count). The van der Waals surface area contributed by atoms with Gasteiger partial charge in [-0.05, 0) is 48.6 Å². The van der Waals surface area contributed by atoms with Crippen molar-refractivity contribution in [2.75, 3.05) is 5.32 Å². The third kappa shape index (κ3) is 3.51. The summed E-state index contributed by atoms with van der Waals surface area (Å²) in [6.45, 7) is 0.889. The Labute approximate surface area is 164 Å². The lowest BCUT2D eigenvalue weighted by atomic mass is 9.71. The Morgan fingerprint density at radius 3 is 2.43 bits per heavy atom. The van der Waals surface area contributed by atoms with Crippen molar-refractivity contribution in [3.05, 3.63) is 53.2 Å². The van der Waals surface area contributed by atoms with Crippen LogP contribution in [0.4, 0.5) is 5.69 Å². The molecule has 0 spiro atoms. The van der Waals surface area contributed by atoms with Crippen LogP contribution in [0.5, 0.6) is 0 Å². The Hall–Kier alpha value is -2.76. The third-order valence-corrected chi connectivity index (χ3v) is 6.19. The Balaban J connectivity index is 1.53. The van der Waals surface area contributed by atoms with E-state index in [1.165, 1.54) is 19.3 Å². The fourth-order valence-electron chi connectivity index (χ4n) is 4.69. The molecular formula is C22H28N4O2. The van der Waals surface area contributed by atoms with Gasteiger partial charge in [-0.25, -0.2) is 4.79 Å². The summed E-state index contributed by atoms with van der Waals surface area (Å²) in [5, 5.41) is 3.07. The zero-order valence-corrected chi connectivity index (χ0v) is 16.6. The first-order valence-corrected chi connectivity index (χ1v) is 10.0. The second kappa shape index (κ2) is 7.34. The minimum absolute atomic E-state index is 0.0189. The quantitative estimate of drug-likeness (QED) is 0.734. The summed E-state index contributed by atoms with van der Waals surface area (Å²) in [7, 11) is 3.52. The van der Waals surface area contributed by atoms with Gasteiger partial charge in [-0.1, -0.05) is 19.3 Å². The number of aryl methyl sites for hydroxylation is 2. The van der Waals surface area contributed by atoms with Crippen molar-refractivity contribution < 1.29 is 4.79 Å². The number of nitrogens with zero attached hydrogens (tertiary/aromatic N) is 3. The number of carbonyl (C=O) groups is 1. The van der Waals surface area contributed by atoms with Gasteiger partial charge in [0.2, 0.25) is 5.91 Å². The van der Waals surface area contributed by atoms with E-state index in [1.54, 1.807) is 23.2 Å². The maximum absolute atomic E-state index is 12.9. The highest BCUT2D eigenvalue weighted by Gasteiger charge is 2.34. The van der Waals surface area contributed by atoms with E-state index in [9.17, 15) is 9.59 Å². The minimum Gasteiger partial charge on any atom is -0.354 e. The maximum atomic E-state index is 12.9. The van der Waals surface area contributed by atoms with Crippen LogP contribution in [-0.2, 0) is 25.4 Å². The van der Waals surface area contributed by atoms with E-state index in [1.807, 2.05) is 30.3 Å². The number of aromatic nitrogens is 3. The molecule has 1 amide bonds. The highest BCUT2D eigenvalue weighted by atomic mass is 16.2. The van der Waals surface area contributed by atoms with Gasteiger partial charge in [-0.2, -0.15) is 0 Å². The standard InChI is InChI=1S/C22H28N4O2/c1-24-18-9-8-17(14-19(18)25(2)21(24)28)23-20(27)15-22(10-4-3-5-11-22)16-26-12-6-7-13-26/h6-9,12-14H,3-5,10-11,15-16H2,1-2H3,(H,23,27). The van der Waals surface area contributed by atoms with E-state index in [4.69, 9.17) is 0 Å². The van der Waals surface area contributed by atoms with Crippen molar-refractivity contribution in [2.24, 2.45) is 19.5 Å². The smallest absolute Gasteiger partial charge is 0.328 e. The number of hydrogen-bond donors (Lipinski definition) is 1. The molecule has 0 bridgehead atoms. The topological polar surface area (TPSA) is 61.0 Å². The molecule has 0 unspecified atom stereocenters. The van der Waals surface area contributed by atoms with E-state index in [-0.39, 0.29) is 17.0 Å². The molecule has 3 aromatic rings. The maximum Gasteiger partial charge on any atom is 0.328 e. The summed E-state index contributed by atoms with van der Waals surface area (Å²) in [5.74, 6) is 0.0503. The summed E-state index contributed by atoms with van der Waals surface area (Å²) >= 11 is 0. The van der Waals surface area contributed by atoms with Crippen LogP contribution in [0.3, 0.4) is 0 Å². The largest absolute Gasteiger partial charge is 0.354 e. The second-order valence-corrected chi connectivity index (χ2v) is 8.25. The Bertz CT molecular complexity index is 1040. The highest BCUT2D eigenvalue weighted by Crippen LogP contribution is 2.41. The van der Waals surface area contributed by atoms with Crippen LogP contribution in [-0.4, -0.2) is 19.6 Å². The number of rotatable bonds is 5. The van der Waals surface area contributed by atoms with Gasteiger partial charge < -0.3 is 9.88 Å². The molecular weight excluding hydrogens is 352 g/mol. The van der Waals surface area contributed by atoms with E-state index in [0.29, 0.717) is 6.42 Å². The number of carbonyl (C=O) groups excluding carboxylic acids is 1. The first kappa shape index (κ1) is 18.6. The number of imidazole rings is 1. The highest BCUT2D eigenvalue weighted by molar-refractivity contribution is 5.93. The van der Waals surface area contributed by atoms with Crippen molar-refractivity contribution in [1.82, 2.24) is 13.7 Å². The Morgan fingerprint density at radius 1 is 1.04 bits per heavy atom.